The van der Waals surface area contributed by atoms with E-state index in [0.717, 1.165) is 43.4 Å². The predicted molar refractivity (Wildman–Crippen MR) is 82.2 cm³/mol. The first-order chi connectivity index (χ1) is 10.1. The summed E-state index contributed by atoms with van der Waals surface area (Å²) in [5.74, 6) is -0.667. The van der Waals surface area contributed by atoms with Crippen LogP contribution in [0.5, 0.6) is 0 Å². The second-order valence-corrected chi connectivity index (χ2v) is 5.89. The van der Waals surface area contributed by atoms with Gasteiger partial charge in [-0.05, 0) is 43.4 Å². The summed E-state index contributed by atoms with van der Waals surface area (Å²) in [7, 11) is 0. The van der Waals surface area contributed by atoms with Crippen molar-refractivity contribution >= 4 is 17.6 Å². The fourth-order valence-corrected chi connectivity index (χ4v) is 3.06. The van der Waals surface area contributed by atoms with Gasteiger partial charge in [0.05, 0.1) is 0 Å². The molecule has 1 aromatic rings. The summed E-state index contributed by atoms with van der Waals surface area (Å²) in [4.78, 5) is 23.0. The molecule has 0 heterocycles. The third-order valence-corrected chi connectivity index (χ3v) is 4.56. The molecule has 4 heteroatoms. The Morgan fingerprint density at radius 3 is 2.33 bits per heavy atom. The first-order valence-electron chi connectivity index (χ1n) is 7.68. The van der Waals surface area contributed by atoms with E-state index in [2.05, 4.69) is 12.2 Å². The van der Waals surface area contributed by atoms with Crippen molar-refractivity contribution in [3.8, 4) is 0 Å². The molecule has 0 atom stereocenters. The topological polar surface area (TPSA) is 66.4 Å². The average molecular weight is 289 g/mol. The maximum atomic E-state index is 12.5. The van der Waals surface area contributed by atoms with Gasteiger partial charge in [-0.1, -0.05) is 31.9 Å². The van der Waals surface area contributed by atoms with Crippen LogP contribution >= 0.6 is 0 Å². The molecule has 0 spiro atoms. The SMILES string of the molecule is CCC1(C(=O)Nc2ccc(CCC(=O)O)cc2)CCCC1. The van der Waals surface area contributed by atoms with E-state index in [-0.39, 0.29) is 17.7 Å². The number of aryl methyl sites for hydroxylation is 1. The third-order valence-electron chi connectivity index (χ3n) is 4.56. The van der Waals surface area contributed by atoms with Gasteiger partial charge in [-0.2, -0.15) is 0 Å². The largest absolute Gasteiger partial charge is 0.481 e. The smallest absolute Gasteiger partial charge is 0.303 e. The number of amides is 1. The van der Waals surface area contributed by atoms with Gasteiger partial charge in [-0.3, -0.25) is 9.59 Å². The van der Waals surface area contributed by atoms with Gasteiger partial charge in [-0.25, -0.2) is 0 Å². The Kier molecular flexibility index (Phi) is 4.99. The van der Waals surface area contributed by atoms with Crippen LogP contribution in [0.1, 0.15) is 51.0 Å². The summed E-state index contributed by atoms with van der Waals surface area (Å²) >= 11 is 0. The van der Waals surface area contributed by atoms with Gasteiger partial charge in [0.25, 0.3) is 0 Å². The van der Waals surface area contributed by atoms with Gasteiger partial charge in [0.2, 0.25) is 5.91 Å². The van der Waals surface area contributed by atoms with Crippen molar-refractivity contribution < 1.29 is 14.7 Å². The molecular formula is C17H23NO3. The summed E-state index contributed by atoms with van der Waals surface area (Å²) in [5.41, 5.74) is 1.57. The van der Waals surface area contributed by atoms with E-state index in [4.69, 9.17) is 5.11 Å². The zero-order valence-corrected chi connectivity index (χ0v) is 12.5. The lowest BCUT2D eigenvalue weighted by atomic mass is 9.82. The quantitative estimate of drug-likeness (QED) is 0.840. The summed E-state index contributed by atoms with van der Waals surface area (Å²) in [6, 6.07) is 7.47. The third kappa shape index (κ3) is 3.84. The normalized spacial score (nSPS) is 16.6. The molecule has 0 unspecified atom stereocenters. The average Bonchev–Trinajstić information content (AvgIpc) is 2.96. The van der Waals surface area contributed by atoms with Gasteiger partial charge in [-0.15, -0.1) is 0 Å². The second-order valence-electron chi connectivity index (χ2n) is 5.89. The number of carboxylic acid groups (broad SMARTS) is 1. The van der Waals surface area contributed by atoms with Crippen LogP contribution in [-0.4, -0.2) is 17.0 Å². The molecule has 1 aromatic carbocycles. The van der Waals surface area contributed by atoms with Crippen molar-refractivity contribution in [2.45, 2.75) is 51.9 Å². The van der Waals surface area contributed by atoms with Crippen LogP contribution in [0.15, 0.2) is 24.3 Å². The summed E-state index contributed by atoms with van der Waals surface area (Å²) < 4.78 is 0. The molecule has 1 aliphatic carbocycles. The molecule has 1 fully saturated rings. The van der Waals surface area contributed by atoms with Crippen molar-refractivity contribution in [2.75, 3.05) is 5.32 Å². The lowest BCUT2D eigenvalue weighted by Crippen LogP contribution is -2.33. The van der Waals surface area contributed by atoms with Gasteiger partial charge < -0.3 is 10.4 Å². The Morgan fingerprint density at radius 2 is 1.81 bits per heavy atom. The molecule has 1 amide bonds. The van der Waals surface area contributed by atoms with E-state index in [0.29, 0.717) is 6.42 Å². The van der Waals surface area contributed by atoms with Crippen LogP contribution in [0.3, 0.4) is 0 Å². The molecule has 1 aliphatic rings. The predicted octanol–water partition coefficient (Wildman–Crippen LogP) is 3.61. The van der Waals surface area contributed by atoms with E-state index in [1.165, 1.54) is 0 Å². The number of rotatable bonds is 6. The number of aliphatic carboxylic acids is 1. The number of carbonyl (C=O) groups excluding carboxylic acids is 1. The molecule has 0 bridgehead atoms. The minimum Gasteiger partial charge on any atom is -0.481 e. The highest BCUT2D eigenvalue weighted by atomic mass is 16.4. The van der Waals surface area contributed by atoms with Crippen LogP contribution in [-0.2, 0) is 16.0 Å². The van der Waals surface area contributed by atoms with Crippen molar-refractivity contribution in [3.63, 3.8) is 0 Å². The molecule has 1 saturated carbocycles. The number of benzene rings is 1. The Balaban J connectivity index is 1.96. The number of carbonyl (C=O) groups is 2. The minimum absolute atomic E-state index is 0.126. The standard InChI is InChI=1S/C17H23NO3/c1-2-17(11-3-4-12-17)16(21)18-14-8-5-13(6-9-14)7-10-15(19)20/h5-6,8-9H,2-4,7,10-12H2,1H3,(H,18,21)(H,19,20). The maximum Gasteiger partial charge on any atom is 0.303 e. The van der Waals surface area contributed by atoms with Gasteiger partial charge in [0, 0.05) is 17.5 Å². The fourth-order valence-electron chi connectivity index (χ4n) is 3.06. The molecule has 0 saturated heterocycles. The first-order valence-corrected chi connectivity index (χ1v) is 7.68. The van der Waals surface area contributed by atoms with Crippen LogP contribution < -0.4 is 5.32 Å². The van der Waals surface area contributed by atoms with Gasteiger partial charge >= 0.3 is 5.97 Å². The lowest BCUT2D eigenvalue weighted by molar-refractivity contribution is -0.137. The Labute approximate surface area is 125 Å². The summed E-state index contributed by atoms with van der Waals surface area (Å²) in [6.45, 7) is 2.08. The molecule has 0 radical (unpaired) electrons. The monoisotopic (exact) mass is 289 g/mol. The van der Waals surface area contributed by atoms with E-state index < -0.39 is 5.97 Å². The van der Waals surface area contributed by atoms with Crippen LogP contribution in [0.4, 0.5) is 5.69 Å². The Morgan fingerprint density at radius 1 is 1.19 bits per heavy atom. The molecule has 0 aromatic heterocycles. The summed E-state index contributed by atoms with van der Waals surface area (Å²) in [6.07, 6.45) is 5.76. The Hall–Kier alpha value is -1.84. The van der Waals surface area contributed by atoms with E-state index in [1.54, 1.807) is 0 Å². The number of anilines is 1. The van der Waals surface area contributed by atoms with Gasteiger partial charge in [0.15, 0.2) is 0 Å². The zero-order chi connectivity index (χ0) is 15.3. The minimum atomic E-state index is -0.793. The van der Waals surface area contributed by atoms with Crippen molar-refractivity contribution in [3.05, 3.63) is 29.8 Å². The Bertz CT molecular complexity index is 501. The number of nitrogens with one attached hydrogen (secondary N) is 1. The van der Waals surface area contributed by atoms with Crippen molar-refractivity contribution in [1.82, 2.24) is 0 Å². The molecule has 2 rings (SSSR count). The maximum absolute atomic E-state index is 12.5. The van der Waals surface area contributed by atoms with E-state index >= 15 is 0 Å². The van der Waals surface area contributed by atoms with Crippen LogP contribution in [0.25, 0.3) is 0 Å². The number of hydrogen-bond acceptors (Lipinski definition) is 2. The number of carboxylic acids is 1. The lowest BCUT2D eigenvalue weighted by Gasteiger charge is -2.26. The molecule has 114 valence electrons. The molecular weight excluding hydrogens is 266 g/mol. The zero-order valence-electron chi connectivity index (χ0n) is 12.5. The number of hydrogen-bond donors (Lipinski definition) is 2. The molecule has 2 N–H and O–H groups in total. The molecule has 0 aliphatic heterocycles. The molecule has 4 nitrogen and oxygen atoms in total. The van der Waals surface area contributed by atoms with E-state index in [9.17, 15) is 9.59 Å². The van der Waals surface area contributed by atoms with Crippen LogP contribution in [0.2, 0.25) is 0 Å². The fraction of sp³-hybridized carbons (Fsp3) is 0.529. The first kappa shape index (κ1) is 15.5. The highest BCUT2D eigenvalue weighted by molar-refractivity contribution is 5.95. The van der Waals surface area contributed by atoms with Crippen molar-refractivity contribution in [1.29, 1.82) is 0 Å². The van der Waals surface area contributed by atoms with E-state index in [1.807, 2.05) is 24.3 Å². The van der Waals surface area contributed by atoms with Crippen LogP contribution in [0, 0.1) is 5.41 Å². The highest BCUT2D eigenvalue weighted by Crippen LogP contribution is 2.41. The second kappa shape index (κ2) is 6.74. The van der Waals surface area contributed by atoms with Crippen molar-refractivity contribution in [2.24, 2.45) is 5.41 Å². The highest BCUT2D eigenvalue weighted by Gasteiger charge is 2.39. The van der Waals surface area contributed by atoms with Gasteiger partial charge in [0.1, 0.15) is 0 Å². The molecule has 21 heavy (non-hydrogen) atoms. The summed E-state index contributed by atoms with van der Waals surface area (Å²) in [5, 5.41) is 11.7.